The molecule has 0 fully saturated rings. The summed E-state index contributed by atoms with van der Waals surface area (Å²) in [6.07, 6.45) is -5.86. The van der Waals surface area contributed by atoms with Crippen molar-refractivity contribution in [2.75, 3.05) is 0 Å². The second-order valence-corrected chi connectivity index (χ2v) is 4.86. The SMILES string of the molecule is Cc1cc(CC(O)c2ccc(F)c(C(F)(F)F)c2)n(C)n1. The highest BCUT2D eigenvalue weighted by molar-refractivity contribution is 5.29. The summed E-state index contributed by atoms with van der Waals surface area (Å²) in [5.74, 6) is -1.35. The second kappa shape index (κ2) is 5.48. The van der Waals surface area contributed by atoms with E-state index in [2.05, 4.69) is 5.10 Å². The zero-order valence-electron chi connectivity index (χ0n) is 11.4. The Balaban J connectivity index is 2.27. The van der Waals surface area contributed by atoms with E-state index in [1.807, 2.05) is 0 Å². The normalized spacial score (nSPS) is 13.5. The van der Waals surface area contributed by atoms with Crippen molar-refractivity contribution < 1.29 is 22.7 Å². The lowest BCUT2D eigenvalue weighted by atomic mass is 10.0. The maximum absolute atomic E-state index is 13.2. The molecule has 1 heterocycles. The number of hydrogen-bond acceptors (Lipinski definition) is 2. The molecule has 1 aromatic heterocycles. The van der Waals surface area contributed by atoms with Gasteiger partial charge >= 0.3 is 6.18 Å². The first-order valence-electron chi connectivity index (χ1n) is 6.22. The molecule has 0 saturated carbocycles. The molecule has 0 aliphatic heterocycles. The van der Waals surface area contributed by atoms with Gasteiger partial charge in [-0.25, -0.2) is 4.39 Å². The van der Waals surface area contributed by atoms with Crippen molar-refractivity contribution in [3.63, 3.8) is 0 Å². The van der Waals surface area contributed by atoms with Crippen LogP contribution in [0.3, 0.4) is 0 Å². The van der Waals surface area contributed by atoms with Crippen molar-refractivity contribution in [1.29, 1.82) is 0 Å². The molecule has 1 aromatic carbocycles. The van der Waals surface area contributed by atoms with E-state index in [-0.39, 0.29) is 12.0 Å². The smallest absolute Gasteiger partial charge is 0.388 e. The van der Waals surface area contributed by atoms with Gasteiger partial charge in [-0.2, -0.15) is 18.3 Å². The summed E-state index contributed by atoms with van der Waals surface area (Å²) in [6.45, 7) is 1.77. The Morgan fingerprint density at radius 3 is 2.48 bits per heavy atom. The van der Waals surface area contributed by atoms with Crippen LogP contribution in [0.1, 0.15) is 28.6 Å². The Kier molecular flexibility index (Phi) is 4.04. The molecule has 0 aliphatic rings. The molecule has 2 aromatic rings. The van der Waals surface area contributed by atoms with Crippen LogP contribution < -0.4 is 0 Å². The van der Waals surface area contributed by atoms with Crippen LogP contribution in [0.5, 0.6) is 0 Å². The highest BCUT2D eigenvalue weighted by atomic mass is 19.4. The van der Waals surface area contributed by atoms with E-state index in [9.17, 15) is 22.7 Å². The summed E-state index contributed by atoms with van der Waals surface area (Å²) in [4.78, 5) is 0. The lowest BCUT2D eigenvalue weighted by molar-refractivity contribution is -0.140. The van der Waals surface area contributed by atoms with Crippen molar-refractivity contribution >= 4 is 0 Å². The summed E-state index contributed by atoms with van der Waals surface area (Å²) < 4.78 is 52.7. The number of aryl methyl sites for hydroxylation is 2. The summed E-state index contributed by atoms with van der Waals surface area (Å²) >= 11 is 0. The van der Waals surface area contributed by atoms with E-state index in [0.29, 0.717) is 11.8 Å². The molecule has 0 bridgehead atoms. The molecular formula is C14H14F4N2O. The predicted octanol–water partition coefficient (Wildman–Crippen LogP) is 3.16. The van der Waals surface area contributed by atoms with Gasteiger partial charge in [-0.05, 0) is 30.7 Å². The van der Waals surface area contributed by atoms with Gasteiger partial charge in [0.2, 0.25) is 0 Å². The number of alkyl halides is 3. The van der Waals surface area contributed by atoms with Crippen molar-refractivity contribution in [3.05, 3.63) is 52.6 Å². The van der Waals surface area contributed by atoms with Crippen LogP contribution in [-0.2, 0) is 19.6 Å². The zero-order chi connectivity index (χ0) is 15.8. The van der Waals surface area contributed by atoms with Crippen LogP contribution in [-0.4, -0.2) is 14.9 Å². The van der Waals surface area contributed by atoms with Crippen LogP contribution in [0.15, 0.2) is 24.3 Å². The Labute approximate surface area is 118 Å². The minimum atomic E-state index is -4.79. The highest BCUT2D eigenvalue weighted by Gasteiger charge is 2.34. The second-order valence-electron chi connectivity index (χ2n) is 4.86. The number of rotatable bonds is 3. The summed E-state index contributed by atoms with van der Waals surface area (Å²) in [5, 5.41) is 14.2. The number of hydrogen-bond donors (Lipinski definition) is 1. The lowest BCUT2D eigenvalue weighted by Gasteiger charge is -2.14. The Bertz CT molecular complexity index is 649. The van der Waals surface area contributed by atoms with Gasteiger partial charge in [0.1, 0.15) is 5.82 Å². The lowest BCUT2D eigenvalue weighted by Crippen LogP contribution is -2.11. The first-order valence-corrected chi connectivity index (χ1v) is 6.22. The summed E-state index contributed by atoms with van der Waals surface area (Å²) in [7, 11) is 1.68. The Morgan fingerprint density at radius 2 is 1.95 bits per heavy atom. The van der Waals surface area contributed by atoms with Gasteiger partial charge < -0.3 is 5.11 Å². The van der Waals surface area contributed by atoms with E-state index < -0.39 is 23.7 Å². The molecule has 7 heteroatoms. The van der Waals surface area contributed by atoms with Crippen LogP contribution in [0, 0.1) is 12.7 Å². The van der Waals surface area contributed by atoms with Gasteiger partial charge in [-0.1, -0.05) is 6.07 Å². The third-order valence-electron chi connectivity index (χ3n) is 3.18. The van der Waals surface area contributed by atoms with E-state index >= 15 is 0 Å². The number of aromatic nitrogens is 2. The molecule has 3 nitrogen and oxygen atoms in total. The van der Waals surface area contributed by atoms with E-state index in [1.54, 1.807) is 24.7 Å². The predicted molar refractivity (Wildman–Crippen MR) is 68.0 cm³/mol. The van der Waals surface area contributed by atoms with Crippen molar-refractivity contribution in [3.8, 4) is 0 Å². The minimum absolute atomic E-state index is 0.0163. The molecular weight excluding hydrogens is 288 g/mol. The standard InChI is InChI=1S/C14H14F4N2O/c1-8-5-10(20(2)19-8)7-13(21)9-3-4-12(15)11(6-9)14(16,17)18/h3-6,13,21H,7H2,1-2H3. The zero-order valence-corrected chi connectivity index (χ0v) is 11.4. The van der Waals surface area contributed by atoms with Crippen LogP contribution in [0.25, 0.3) is 0 Å². The van der Waals surface area contributed by atoms with E-state index in [0.717, 1.165) is 17.8 Å². The fraction of sp³-hybridized carbons (Fsp3) is 0.357. The average molecular weight is 302 g/mol. The molecule has 114 valence electrons. The first kappa shape index (κ1) is 15.5. The maximum Gasteiger partial charge on any atom is 0.419 e. The van der Waals surface area contributed by atoms with Gasteiger partial charge in [0.05, 0.1) is 17.4 Å². The summed E-state index contributed by atoms with van der Waals surface area (Å²) in [5.41, 5.74) is 0.0653. The van der Waals surface area contributed by atoms with Crippen LogP contribution in [0.4, 0.5) is 17.6 Å². The van der Waals surface area contributed by atoms with Gasteiger partial charge in [-0.3, -0.25) is 4.68 Å². The fourth-order valence-corrected chi connectivity index (χ4v) is 2.14. The number of aliphatic hydroxyl groups excluding tert-OH is 1. The molecule has 2 rings (SSSR count). The molecule has 0 radical (unpaired) electrons. The quantitative estimate of drug-likeness (QED) is 0.884. The third-order valence-corrected chi connectivity index (χ3v) is 3.18. The molecule has 0 saturated heterocycles. The van der Waals surface area contributed by atoms with Gasteiger partial charge in [0.15, 0.2) is 0 Å². The van der Waals surface area contributed by atoms with Crippen molar-refractivity contribution in [2.24, 2.45) is 7.05 Å². The molecule has 21 heavy (non-hydrogen) atoms. The molecule has 0 aliphatic carbocycles. The number of benzene rings is 1. The molecule has 1 atom stereocenters. The average Bonchev–Trinajstić information content (AvgIpc) is 2.66. The molecule has 1 unspecified atom stereocenters. The first-order chi connectivity index (χ1) is 9.68. The van der Waals surface area contributed by atoms with Gasteiger partial charge in [-0.15, -0.1) is 0 Å². The van der Waals surface area contributed by atoms with Crippen molar-refractivity contribution in [2.45, 2.75) is 25.6 Å². The number of halogens is 4. The third kappa shape index (κ3) is 3.41. The van der Waals surface area contributed by atoms with Crippen LogP contribution in [0.2, 0.25) is 0 Å². The Hall–Kier alpha value is -1.89. The number of aliphatic hydroxyl groups is 1. The number of nitrogens with zero attached hydrogens (tertiary/aromatic N) is 2. The molecule has 1 N–H and O–H groups in total. The Morgan fingerprint density at radius 1 is 1.29 bits per heavy atom. The fourth-order valence-electron chi connectivity index (χ4n) is 2.14. The van der Waals surface area contributed by atoms with Gasteiger partial charge in [0, 0.05) is 19.2 Å². The monoisotopic (exact) mass is 302 g/mol. The van der Waals surface area contributed by atoms with E-state index in [1.165, 1.54) is 0 Å². The molecule has 0 spiro atoms. The van der Waals surface area contributed by atoms with E-state index in [4.69, 9.17) is 0 Å². The van der Waals surface area contributed by atoms with Crippen LogP contribution >= 0.6 is 0 Å². The van der Waals surface area contributed by atoms with Gasteiger partial charge in [0.25, 0.3) is 0 Å². The molecule has 0 amide bonds. The summed E-state index contributed by atoms with van der Waals surface area (Å²) in [6, 6.07) is 4.25. The highest BCUT2D eigenvalue weighted by Crippen LogP contribution is 2.33. The largest absolute Gasteiger partial charge is 0.419 e. The minimum Gasteiger partial charge on any atom is -0.388 e. The van der Waals surface area contributed by atoms with Crippen molar-refractivity contribution in [1.82, 2.24) is 9.78 Å². The topological polar surface area (TPSA) is 38.0 Å². The maximum atomic E-state index is 13.2.